The summed E-state index contributed by atoms with van der Waals surface area (Å²) in [6.45, 7) is 4.96. The lowest BCUT2D eigenvalue weighted by Crippen LogP contribution is -2.43. The van der Waals surface area contributed by atoms with E-state index in [2.05, 4.69) is 4.90 Å². The van der Waals surface area contributed by atoms with Gasteiger partial charge in [-0.05, 0) is 19.1 Å². The zero-order chi connectivity index (χ0) is 16.1. The summed E-state index contributed by atoms with van der Waals surface area (Å²) in [5.74, 6) is -0.516. The lowest BCUT2D eigenvalue weighted by Gasteiger charge is -2.34. The molecule has 1 N–H and O–H groups in total. The average molecular weight is 352 g/mol. The third-order valence-electron chi connectivity index (χ3n) is 3.52. The summed E-state index contributed by atoms with van der Waals surface area (Å²) < 4.78 is 24.5. The highest BCUT2D eigenvalue weighted by Crippen LogP contribution is 2.32. The minimum atomic E-state index is -0.559. The van der Waals surface area contributed by atoms with Crippen LogP contribution in [0.15, 0.2) is 12.1 Å². The normalized spacial score (nSPS) is 21.0. The van der Waals surface area contributed by atoms with Gasteiger partial charge in [0.1, 0.15) is 5.82 Å². The number of nitrogens with zero attached hydrogens (tertiary/aromatic N) is 1. The molecule has 1 aliphatic rings. The second kappa shape index (κ2) is 8.43. The molecule has 0 aromatic heterocycles. The van der Waals surface area contributed by atoms with Crippen molar-refractivity contribution in [3.63, 3.8) is 0 Å². The van der Waals surface area contributed by atoms with E-state index in [4.69, 9.17) is 32.7 Å². The standard InChI is InChI=1S/C15H20Cl2FNO3/c1-2-21-9-10(20)7-19-3-4-22-15(8-19)11-5-14(18)13(17)6-12(11)16/h5-6,10,15,20H,2-4,7-9H2,1H3. The maximum atomic E-state index is 13.6. The second-order valence-electron chi connectivity index (χ2n) is 5.22. The Bertz CT molecular complexity index is 504. The molecule has 0 radical (unpaired) electrons. The Balaban J connectivity index is 2.00. The lowest BCUT2D eigenvalue weighted by atomic mass is 10.1. The van der Waals surface area contributed by atoms with Gasteiger partial charge in [0.25, 0.3) is 0 Å². The molecule has 2 unspecified atom stereocenters. The van der Waals surface area contributed by atoms with Crippen molar-refractivity contribution >= 4 is 23.2 Å². The van der Waals surface area contributed by atoms with Gasteiger partial charge >= 0.3 is 0 Å². The van der Waals surface area contributed by atoms with Crippen molar-refractivity contribution in [2.45, 2.75) is 19.1 Å². The van der Waals surface area contributed by atoms with E-state index >= 15 is 0 Å². The van der Waals surface area contributed by atoms with E-state index in [1.54, 1.807) is 0 Å². The molecule has 1 aromatic carbocycles. The zero-order valence-corrected chi connectivity index (χ0v) is 13.9. The molecule has 124 valence electrons. The summed E-state index contributed by atoms with van der Waals surface area (Å²) in [7, 11) is 0. The van der Waals surface area contributed by atoms with Crippen LogP contribution in [0.3, 0.4) is 0 Å². The number of hydrogen-bond donors (Lipinski definition) is 1. The number of morpholine rings is 1. The van der Waals surface area contributed by atoms with Crippen molar-refractivity contribution in [2.24, 2.45) is 0 Å². The molecule has 7 heteroatoms. The van der Waals surface area contributed by atoms with Gasteiger partial charge in [0.15, 0.2) is 0 Å². The molecule has 2 rings (SSSR count). The number of ether oxygens (including phenoxy) is 2. The summed E-state index contributed by atoms with van der Waals surface area (Å²) in [5.41, 5.74) is 0.576. The quantitative estimate of drug-likeness (QED) is 0.800. The highest BCUT2D eigenvalue weighted by atomic mass is 35.5. The SMILES string of the molecule is CCOCC(O)CN1CCOC(c2cc(F)c(Cl)cc2Cl)C1. The van der Waals surface area contributed by atoms with E-state index < -0.39 is 11.9 Å². The first-order valence-electron chi connectivity index (χ1n) is 7.25. The molecule has 0 bridgehead atoms. The first-order valence-corrected chi connectivity index (χ1v) is 8.01. The number of benzene rings is 1. The van der Waals surface area contributed by atoms with Crippen LogP contribution in [0.4, 0.5) is 4.39 Å². The number of rotatable bonds is 6. The van der Waals surface area contributed by atoms with Crippen LogP contribution in [0.1, 0.15) is 18.6 Å². The van der Waals surface area contributed by atoms with E-state index in [9.17, 15) is 9.50 Å². The highest BCUT2D eigenvalue weighted by molar-refractivity contribution is 6.35. The fourth-order valence-corrected chi connectivity index (χ4v) is 2.95. The van der Waals surface area contributed by atoms with Gasteiger partial charge in [-0.2, -0.15) is 0 Å². The number of halogens is 3. The van der Waals surface area contributed by atoms with E-state index in [1.165, 1.54) is 12.1 Å². The monoisotopic (exact) mass is 351 g/mol. The van der Waals surface area contributed by atoms with Crippen LogP contribution in [0.5, 0.6) is 0 Å². The molecule has 1 fully saturated rings. The van der Waals surface area contributed by atoms with Crippen LogP contribution < -0.4 is 0 Å². The Labute approximate surface area is 139 Å². The van der Waals surface area contributed by atoms with Crippen molar-refractivity contribution in [1.82, 2.24) is 4.90 Å². The van der Waals surface area contributed by atoms with Crippen LogP contribution in [0.25, 0.3) is 0 Å². The van der Waals surface area contributed by atoms with Gasteiger partial charge in [-0.25, -0.2) is 4.39 Å². The maximum absolute atomic E-state index is 13.6. The van der Waals surface area contributed by atoms with Gasteiger partial charge in [-0.15, -0.1) is 0 Å². The van der Waals surface area contributed by atoms with Crippen molar-refractivity contribution in [2.75, 3.05) is 39.5 Å². The number of aliphatic hydroxyl groups excluding tert-OH is 1. The molecule has 0 spiro atoms. The summed E-state index contributed by atoms with van der Waals surface area (Å²) in [4.78, 5) is 2.06. The molecule has 22 heavy (non-hydrogen) atoms. The maximum Gasteiger partial charge on any atom is 0.142 e. The van der Waals surface area contributed by atoms with Crippen LogP contribution in [0, 0.1) is 5.82 Å². The number of β-amino-alcohol motifs (C(OH)–C–C–N with tert-alkyl or cyclic N) is 1. The minimum absolute atomic E-state index is 0.00597. The first-order chi connectivity index (χ1) is 10.5. The number of aliphatic hydroxyl groups is 1. The topological polar surface area (TPSA) is 41.9 Å². The van der Waals surface area contributed by atoms with Gasteiger partial charge in [0.2, 0.25) is 0 Å². The summed E-state index contributed by atoms with van der Waals surface area (Å²) in [5, 5.41) is 10.3. The van der Waals surface area contributed by atoms with Crippen LogP contribution >= 0.6 is 23.2 Å². The van der Waals surface area contributed by atoms with Crippen molar-refractivity contribution in [1.29, 1.82) is 0 Å². The van der Waals surface area contributed by atoms with Gasteiger partial charge in [0.05, 0.1) is 30.4 Å². The fourth-order valence-electron chi connectivity index (χ4n) is 2.45. The Kier molecular flexibility index (Phi) is 6.87. The third kappa shape index (κ3) is 4.78. The Morgan fingerprint density at radius 2 is 2.23 bits per heavy atom. The van der Waals surface area contributed by atoms with Gasteiger partial charge in [0, 0.05) is 36.8 Å². The van der Waals surface area contributed by atoms with Crippen molar-refractivity contribution < 1.29 is 19.0 Å². The molecule has 2 atom stereocenters. The Morgan fingerprint density at radius 1 is 1.45 bits per heavy atom. The molecular formula is C15H20Cl2FNO3. The predicted octanol–water partition coefficient (Wildman–Crippen LogP) is 2.90. The van der Waals surface area contributed by atoms with Crippen molar-refractivity contribution in [3.05, 3.63) is 33.6 Å². The van der Waals surface area contributed by atoms with E-state index in [1.807, 2.05) is 6.92 Å². The molecule has 1 saturated heterocycles. The average Bonchev–Trinajstić information content (AvgIpc) is 2.49. The molecule has 1 heterocycles. The lowest BCUT2D eigenvalue weighted by molar-refractivity contribution is -0.0517. The van der Waals surface area contributed by atoms with Gasteiger partial charge < -0.3 is 14.6 Å². The smallest absolute Gasteiger partial charge is 0.142 e. The van der Waals surface area contributed by atoms with Crippen LogP contribution in [-0.4, -0.2) is 55.6 Å². The summed E-state index contributed by atoms with van der Waals surface area (Å²) in [6, 6.07) is 2.70. The van der Waals surface area contributed by atoms with E-state index in [-0.39, 0.29) is 11.1 Å². The molecule has 4 nitrogen and oxygen atoms in total. The van der Waals surface area contributed by atoms with Crippen LogP contribution in [-0.2, 0) is 9.47 Å². The number of hydrogen-bond acceptors (Lipinski definition) is 4. The van der Waals surface area contributed by atoms with Gasteiger partial charge in [-0.1, -0.05) is 23.2 Å². The molecule has 1 aliphatic heterocycles. The zero-order valence-electron chi connectivity index (χ0n) is 12.4. The molecule has 0 amide bonds. The van der Waals surface area contributed by atoms with E-state index in [0.717, 1.165) is 0 Å². The molecular weight excluding hydrogens is 332 g/mol. The summed E-state index contributed by atoms with van der Waals surface area (Å²) >= 11 is 11.9. The summed E-state index contributed by atoms with van der Waals surface area (Å²) in [6.07, 6.45) is -0.900. The Hall–Kier alpha value is -0.430. The highest BCUT2D eigenvalue weighted by Gasteiger charge is 2.26. The fraction of sp³-hybridized carbons (Fsp3) is 0.600. The van der Waals surface area contributed by atoms with Crippen molar-refractivity contribution in [3.8, 4) is 0 Å². The first kappa shape index (κ1) is 17.9. The molecule has 0 aliphatic carbocycles. The third-order valence-corrected chi connectivity index (χ3v) is 4.14. The minimum Gasteiger partial charge on any atom is -0.389 e. The molecule has 1 aromatic rings. The van der Waals surface area contributed by atoms with E-state index in [0.29, 0.717) is 50.0 Å². The second-order valence-corrected chi connectivity index (χ2v) is 6.03. The van der Waals surface area contributed by atoms with Gasteiger partial charge in [-0.3, -0.25) is 4.90 Å². The molecule has 0 saturated carbocycles. The predicted molar refractivity (Wildman–Crippen MR) is 84.1 cm³/mol. The Morgan fingerprint density at radius 3 is 2.95 bits per heavy atom. The largest absolute Gasteiger partial charge is 0.389 e. The van der Waals surface area contributed by atoms with Crippen LogP contribution in [0.2, 0.25) is 10.0 Å².